The topological polar surface area (TPSA) is 0 Å². The second-order valence-corrected chi connectivity index (χ2v) is 2.85. The quantitative estimate of drug-likeness (QED) is 0.460. The standard InChI is InChI=1S/C11H16F2/c1-4-6-9(3)8-10(7-5-2)11(12)13/h4-8,10-11H,1-3H3/b6-4-,7-5+,9-8-. The molecular formula is C11H16F2. The van der Waals surface area contributed by atoms with Crippen molar-refractivity contribution in [2.24, 2.45) is 5.92 Å². The summed E-state index contributed by atoms with van der Waals surface area (Å²) in [6.45, 7) is 5.43. The number of hydrogen-bond donors (Lipinski definition) is 0. The summed E-state index contributed by atoms with van der Waals surface area (Å²) >= 11 is 0. The average molecular weight is 186 g/mol. The lowest BCUT2D eigenvalue weighted by Gasteiger charge is -2.06. The molecule has 0 aliphatic carbocycles. The monoisotopic (exact) mass is 186 g/mol. The van der Waals surface area contributed by atoms with Crippen LogP contribution in [0.25, 0.3) is 0 Å². The van der Waals surface area contributed by atoms with Gasteiger partial charge in [0.1, 0.15) is 0 Å². The summed E-state index contributed by atoms with van der Waals surface area (Å²) in [5.74, 6) is -0.763. The second-order valence-electron chi connectivity index (χ2n) is 2.85. The second kappa shape index (κ2) is 6.58. The van der Waals surface area contributed by atoms with Gasteiger partial charge < -0.3 is 0 Å². The molecule has 13 heavy (non-hydrogen) atoms. The molecule has 74 valence electrons. The molecule has 0 saturated carbocycles. The van der Waals surface area contributed by atoms with Gasteiger partial charge in [0.2, 0.25) is 6.43 Å². The number of allylic oxidation sites excluding steroid dienone is 6. The van der Waals surface area contributed by atoms with Gasteiger partial charge in [0.05, 0.1) is 5.92 Å². The van der Waals surface area contributed by atoms with Crippen molar-refractivity contribution in [2.45, 2.75) is 27.2 Å². The van der Waals surface area contributed by atoms with Gasteiger partial charge in [0, 0.05) is 0 Å². The van der Waals surface area contributed by atoms with Gasteiger partial charge in [-0.05, 0) is 20.8 Å². The summed E-state index contributed by atoms with van der Waals surface area (Å²) < 4.78 is 24.7. The van der Waals surface area contributed by atoms with Crippen LogP contribution in [0.3, 0.4) is 0 Å². The molecule has 0 aromatic rings. The van der Waals surface area contributed by atoms with E-state index in [0.29, 0.717) is 0 Å². The first-order chi connectivity index (χ1) is 6.11. The van der Waals surface area contributed by atoms with Crippen LogP contribution in [0.15, 0.2) is 36.0 Å². The molecule has 0 aromatic carbocycles. The first kappa shape index (κ1) is 12.1. The number of halogens is 2. The van der Waals surface area contributed by atoms with Crippen LogP contribution in [0.4, 0.5) is 8.78 Å². The van der Waals surface area contributed by atoms with Gasteiger partial charge in [0.15, 0.2) is 0 Å². The predicted molar refractivity (Wildman–Crippen MR) is 52.9 cm³/mol. The fourth-order valence-corrected chi connectivity index (χ4v) is 1.06. The van der Waals surface area contributed by atoms with Crippen molar-refractivity contribution >= 4 is 0 Å². The van der Waals surface area contributed by atoms with Crippen LogP contribution in [0.1, 0.15) is 20.8 Å². The minimum Gasteiger partial charge on any atom is -0.209 e. The van der Waals surface area contributed by atoms with Crippen LogP contribution >= 0.6 is 0 Å². The third kappa shape index (κ3) is 5.34. The Morgan fingerprint density at radius 1 is 1.15 bits per heavy atom. The van der Waals surface area contributed by atoms with Gasteiger partial charge in [-0.2, -0.15) is 0 Å². The smallest absolute Gasteiger partial charge is 0.209 e. The zero-order chi connectivity index (χ0) is 10.3. The lowest BCUT2D eigenvalue weighted by atomic mass is 10.1. The van der Waals surface area contributed by atoms with E-state index in [4.69, 9.17) is 0 Å². The summed E-state index contributed by atoms with van der Waals surface area (Å²) in [7, 11) is 0. The number of alkyl halides is 2. The maximum Gasteiger partial charge on any atom is 0.248 e. The molecule has 0 heterocycles. The molecule has 0 spiro atoms. The molecular weight excluding hydrogens is 170 g/mol. The third-order valence-electron chi connectivity index (χ3n) is 1.59. The van der Waals surface area contributed by atoms with E-state index in [2.05, 4.69) is 0 Å². The average Bonchev–Trinajstić information content (AvgIpc) is 2.04. The van der Waals surface area contributed by atoms with Crippen molar-refractivity contribution in [1.82, 2.24) is 0 Å². The van der Waals surface area contributed by atoms with Crippen molar-refractivity contribution in [3.63, 3.8) is 0 Å². The van der Waals surface area contributed by atoms with Gasteiger partial charge >= 0.3 is 0 Å². The summed E-state index contributed by atoms with van der Waals surface area (Å²) in [5, 5.41) is 0. The van der Waals surface area contributed by atoms with Gasteiger partial charge in [-0.15, -0.1) is 0 Å². The van der Waals surface area contributed by atoms with Crippen molar-refractivity contribution < 1.29 is 8.78 Å². The van der Waals surface area contributed by atoms with Crippen LogP contribution in [0.5, 0.6) is 0 Å². The molecule has 0 saturated heterocycles. The van der Waals surface area contributed by atoms with Crippen LogP contribution in [-0.4, -0.2) is 6.43 Å². The highest BCUT2D eigenvalue weighted by molar-refractivity contribution is 5.18. The molecule has 0 bridgehead atoms. The minimum atomic E-state index is -2.32. The highest BCUT2D eigenvalue weighted by Gasteiger charge is 2.13. The Balaban J connectivity index is 4.48. The molecule has 0 rings (SSSR count). The van der Waals surface area contributed by atoms with E-state index in [1.165, 1.54) is 6.08 Å². The predicted octanol–water partition coefficient (Wildman–Crippen LogP) is 3.97. The Bertz CT molecular complexity index is 212. The zero-order valence-corrected chi connectivity index (χ0v) is 8.30. The SMILES string of the molecule is C/C=C\C(C)=C/C(/C=C/C)C(F)F. The largest absolute Gasteiger partial charge is 0.248 e. The van der Waals surface area contributed by atoms with E-state index in [0.717, 1.165) is 5.57 Å². The highest BCUT2D eigenvalue weighted by atomic mass is 19.3. The molecule has 0 radical (unpaired) electrons. The maximum atomic E-state index is 12.4. The molecule has 0 N–H and O–H groups in total. The Hall–Kier alpha value is -0.920. The fourth-order valence-electron chi connectivity index (χ4n) is 1.06. The maximum absolute atomic E-state index is 12.4. The van der Waals surface area contributed by atoms with Crippen molar-refractivity contribution in [1.29, 1.82) is 0 Å². The van der Waals surface area contributed by atoms with Crippen LogP contribution in [0.2, 0.25) is 0 Å². The lowest BCUT2D eigenvalue weighted by Crippen LogP contribution is -2.05. The van der Waals surface area contributed by atoms with E-state index in [1.807, 2.05) is 26.0 Å². The molecule has 0 aliphatic heterocycles. The van der Waals surface area contributed by atoms with Crippen molar-refractivity contribution in [3.8, 4) is 0 Å². The van der Waals surface area contributed by atoms with E-state index in [9.17, 15) is 8.78 Å². The molecule has 2 heteroatoms. The zero-order valence-electron chi connectivity index (χ0n) is 8.30. The van der Waals surface area contributed by atoms with Crippen LogP contribution in [0, 0.1) is 5.92 Å². The minimum absolute atomic E-state index is 0.763. The van der Waals surface area contributed by atoms with E-state index >= 15 is 0 Å². The molecule has 1 atom stereocenters. The summed E-state index contributed by atoms with van der Waals surface area (Å²) in [5.41, 5.74) is 0.867. The van der Waals surface area contributed by atoms with E-state index in [-0.39, 0.29) is 0 Å². The molecule has 1 unspecified atom stereocenters. The van der Waals surface area contributed by atoms with E-state index < -0.39 is 12.3 Å². The van der Waals surface area contributed by atoms with Crippen LogP contribution < -0.4 is 0 Å². The van der Waals surface area contributed by atoms with Gasteiger partial charge in [-0.3, -0.25) is 0 Å². The Morgan fingerprint density at radius 2 is 1.77 bits per heavy atom. The van der Waals surface area contributed by atoms with Gasteiger partial charge in [0.25, 0.3) is 0 Å². The van der Waals surface area contributed by atoms with Crippen LogP contribution in [-0.2, 0) is 0 Å². The first-order valence-electron chi connectivity index (χ1n) is 4.34. The van der Waals surface area contributed by atoms with E-state index in [1.54, 1.807) is 19.1 Å². The first-order valence-corrected chi connectivity index (χ1v) is 4.34. The Labute approximate surface area is 78.7 Å². The molecule has 0 aliphatic rings. The summed E-state index contributed by atoms with van der Waals surface area (Å²) in [6, 6.07) is 0. The van der Waals surface area contributed by atoms with Crippen molar-refractivity contribution in [3.05, 3.63) is 36.0 Å². The Kier molecular flexibility index (Phi) is 6.11. The number of hydrogen-bond acceptors (Lipinski definition) is 0. The highest BCUT2D eigenvalue weighted by Crippen LogP contribution is 2.15. The molecule has 0 fully saturated rings. The number of rotatable bonds is 4. The fraction of sp³-hybridized carbons (Fsp3) is 0.455. The molecule has 0 aromatic heterocycles. The van der Waals surface area contributed by atoms with Gasteiger partial charge in [-0.1, -0.05) is 36.0 Å². The Morgan fingerprint density at radius 3 is 2.15 bits per heavy atom. The molecule has 0 amide bonds. The molecule has 0 nitrogen and oxygen atoms in total. The normalized spacial score (nSPS) is 16.3. The van der Waals surface area contributed by atoms with Crippen molar-refractivity contribution in [2.75, 3.05) is 0 Å². The third-order valence-corrected chi connectivity index (χ3v) is 1.59. The summed E-state index contributed by atoms with van der Waals surface area (Å²) in [4.78, 5) is 0. The van der Waals surface area contributed by atoms with Gasteiger partial charge in [-0.25, -0.2) is 8.78 Å². The lowest BCUT2D eigenvalue weighted by molar-refractivity contribution is 0.120. The summed E-state index contributed by atoms with van der Waals surface area (Å²) in [6.07, 6.45) is 6.07.